The topological polar surface area (TPSA) is 272 Å². The molecular weight excluding hydrogens is 897 g/mol. The summed E-state index contributed by atoms with van der Waals surface area (Å²) in [6.45, 7) is 7.36. The zero-order valence-corrected chi connectivity index (χ0v) is 37.4. The van der Waals surface area contributed by atoms with Crippen LogP contribution >= 0.6 is 0 Å². The fourth-order valence-electron chi connectivity index (χ4n) is 7.45. The van der Waals surface area contributed by atoms with Gasteiger partial charge in [-0.25, -0.2) is 4.89 Å². The molecule has 2 aromatic rings. The molecule has 0 aliphatic carbocycles. The Hall–Kier alpha value is -4.42. The molecule has 2 atom stereocenters. The van der Waals surface area contributed by atoms with Gasteiger partial charge in [0.05, 0.1) is 42.1 Å². The molecule has 0 fully saturated rings. The van der Waals surface area contributed by atoms with Gasteiger partial charge in [-0.3, -0.25) is 13.9 Å². The van der Waals surface area contributed by atoms with E-state index in [0.29, 0.717) is 80.2 Å². The van der Waals surface area contributed by atoms with Crippen molar-refractivity contribution in [1.29, 1.82) is 0 Å². The molecule has 2 aliphatic heterocycles. The molecule has 64 heavy (non-hydrogen) atoms. The van der Waals surface area contributed by atoms with Crippen molar-refractivity contribution in [3.8, 4) is 0 Å². The van der Waals surface area contributed by atoms with E-state index in [1.54, 1.807) is 19.2 Å². The molecule has 3 N–H and O–H groups in total. The van der Waals surface area contributed by atoms with E-state index < -0.39 is 37.0 Å². The van der Waals surface area contributed by atoms with E-state index in [1.807, 2.05) is 43.9 Å². The Kier molecular flexibility index (Phi) is 20.2. The van der Waals surface area contributed by atoms with Crippen LogP contribution in [0.2, 0.25) is 0 Å². The van der Waals surface area contributed by atoms with Gasteiger partial charge in [-0.1, -0.05) is 6.08 Å². The third-order valence-corrected chi connectivity index (χ3v) is 12.2. The Morgan fingerprint density at radius 2 is 1.41 bits per heavy atom. The first-order valence-electron chi connectivity index (χ1n) is 19.7. The number of hydrogen-bond donors (Lipinski definition) is 3. The predicted molar refractivity (Wildman–Crippen MR) is 217 cm³/mol. The van der Waals surface area contributed by atoms with Crippen LogP contribution < -0.4 is 4.90 Å². The summed E-state index contributed by atoms with van der Waals surface area (Å²) in [6.07, 6.45) is 9.87. The molecule has 0 spiro atoms. The number of carboxylic acid groups (broad SMARTS) is 1. The zero-order chi connectivity index (χ0) is 46.8. The van der Waals surface area contributed by atoms with Crippen LogP contribution in [0.4, 0.5) is 11.4 Å². The first-order valence-corrected chi connectivity index (χ1v) is 22.5. The van der Waals surface area contributed by atoms with Gasteiger partial charge in [-0.2, -0.15) is 21.4 Å². The van der Waals surface area contributed by atoms with Crippen LogP contribution in [0.5, 0.6) is 0 Å². The number of aliphatic carboxylic acids is 1. The number of benzene rings is 2. The van der Waals surface area contributed by atoms with E-state index in [0.717, 1.165) is 18.2 Å². The number of methoxy groups -OCH3 is 2. The molecule has 0 amide bonds. The van der Waals surface area contributed by atoms with Gasteiger partial charge in [-0.05, 0) is 109 Å². The highest BCUT2D eigenvalue weighted by molar-refractivity contribution is 7.86. The number of fused-ring (bicyclic) bond motifs is 2. The molecule has 25 heteroatoms. The molecule has 2 aromatic carbocycles. The van der Waals surface area contributed by atoms with Crippen molar-refractivity contribution in [2.24, 2.45) is 0 Å². The SMILES string of the molecule is CCN1C(=CC=CC2=[N+](CCCCCC(=O)O)c3ccc(S(=O)(=O)O)cc3C2(C)CCOCCOC)C(C)(CCOOOOOOOOOO/C=C/OC)c2cc(S(=O)(=O)O)ccc21. The highest BCUT2D eigenvalue weighted by atomic mass is 32.2. The monoisotopic (exact) mass is 949 g/mol. The summed E-state index contributed by atoms with van der Waals surface area (Å²) in [5.74, 6) is -0.893. The lowest BCUT2D eigenvalue weighted by molar-refractivity contribution is -0.843. The summed E-state index contributed by atoms with van der Waals surface area (Å²) < 4.78 is 87.0. The molecule has 0 bridgehead atoms. The second-order valence-electron chi connectivity index (χ2n) is 14.4. The summed E-state index contributed by atoms with van der Waals surface area (Å²) in [4.78, 5) is 22.0. The molecule has 2 aliphatic rings. The third kappa shape index (κ3) is 14.0. The minimum absolute atomic E-state index is 0.0179. The fourth-order valence-corrected chi connectivity index (χ4v) is 8.46. The van der Waals surface area contributed by atoms with Crippen molar-refractivity contribution in [1.82, 2.24) is 0 Å². The van der Waals surface area contributed by atoms with E-state index in [1.165, 1.54) is 31.4 Å². The van der Waals surface area contributed by atoms with E-state index in [4.69, 9.17) is 14.4 Å². The van der Waals surface area contributed by atoms with Crippen LogP contribution in [-0.2, 0) is 100 Å². The van der Waals surface area contributed by atoms with Gasteiger partial charge >= 0.3 is 5.97 Å². The molecule has 2 heterocycles. The van der Waals surface area contributed by atoms with E-state index in [-0.39, 0.29) is 35.8 Å². The van der Waals surface area contributed by atoms with Gasteiger partial charge in [-0.15, -0.1) is 0 Å². The Morgan fingerprint density at radius 1 is 0.766 bits per heavy atom. The molecule has 4 rings (SSSR count). The molecule has 356 valence electrons. The number of hydrogen-bond acceptors (Lipinski definition) is 19. The smallest absolute Gasteiger partial charge is 0.303 e. The predicted octanol–water partition coefficient (Wildman–Crippen LogP) is 5.38. The van der Waals surface area contributed by atoms with Crippen LogP contribution in [0.15, 0.2) is 82.6 Å². The maximum atomic E-state index is 12.4. The van der Waals surface area contributed by atoms with Gasteiger partial charge in [0.2, 0.25) is 5.69 Å². The molecular formula is C39H53N2O21S2+. The van der Waals surface area contributed by atoms with E-state index in [9.17, 15) is 35.8 Å². The number of ether oxygens (including phenoxy) is 3. The summed E-state index contributed by atoms with van der Waals surface area (Å²) in [6, 6.07) is 8.72. The lowest BCUT2D eigenvalue weighted by Crippen LogP contribution is -2.33. The van der Waals surface area contributed by atoms with Gasteiger partial charge in [0.1, 0.15) is 12.8 Å². The number of allylic oxidation sites excluding steroid dienone is 4. The number of unbranched alkanes of at least 4 members (excludes halogenated alkanes) is 2. The highest BCUT2D eigenvalue weighted by Crippen LogP contribution is 2.51. The number of carboxylic acids is 1. The third-order valence-electron chi connectivity index (χ3n) is 10.5. The van der Waals surface area contributed by atoms with E-state index >= 15 is 0 Å². The van der Waals surface area contributed by atoms with Crippen LogP contribution in [0, 0.1) is 0 Å². The lowest BCUT2D eigenvalue weighted by Gasteiger charge is -2.29. The summed E-state index contributed by atoms with van der Waals surface area (Å²) in [5, 5.41) is 41.8. The van der Waals surface area contributed by atoms with E-state index in [2.05, 4.69) is 54.5 Å². The standard InChI is InChI=1S/C39H52N2O21S2/c1-6-40-33-16-14-29(63(44,45)46)27-31(33)39(3,19-22-53-55-57-59-61-62-60-58-56-54-26-24-51-5)35(40)11-10-12-36-38(2,18-21-52-25-23-50-4)32-28-30(64(47,48)49)15-17-34(32)41(36)20-9-7-8-13-37(42)43/h10-12,14-17,24,26-28H,6-9,13,18-23,25H2,1-5H3,(H2-,42,43,44,45,46,47,48,49)/p+1/b26-24+. The number of anilines is 1. The molecule has 0 aromatic heterocycles. The largest absolute Gasteiger partial charge is 0.501 e. The minimum Gasteiger partial charge on any atom is -0.501 e. The maximum Gasteiger partial charge on any atom is 0.303 e. The number of nitrogens with zero attached hydrogens (tertiary/aromatic N) is 2. The first-order chi connectivity index (χ1) is 30.5. The second kappa shape index (κ2) is 24.8. The minimum atomic E-state index is -4.60. The van der Waals surface area contributed by atoms with Gasteiger partial charge in [0, 0.05) is 87.8 Å². The van der Waals surface area contributed by atoms with Crippen molar-refractivity contribution in [3.63, 3.8) is 0 Å². The number of rotatable bonds is 31. The first kappa shape index (κ1) is 52.2. The second-order valence-corrected chi connectivity index (χ2v) is 17.3. The zero-order valence-electron chi connectivity index (χ0n) is 35.7. The molecule has 0 saturated heterocycles. The number of likely N-dealkylation sites (N-methyl/N-ethyl adjacent to an activating group) is 1. The summed E-state index contributed by atoms with van der Waals surface area (Å²) >= 11 is 0. The van der Waals surface area contributed by atoms with Gasteiger partial charge < -0.3 is 29.1 Å². The average Bonchev–Trinajstić information content (AvgIpc) is 3.62. The lowest BCUT2D eigenvalue weighted by atomic mass is 9.76. The van der Waals surface area contributed by atoms with Crippen molar-refractivity contribution in [2.45, 2.75) is 79.9 Å². The Labute approximate surface area is 369 Å². The van der Waals surface area contributed by atoms with Crippen LogP contribution in [-0.4, -0.2) is 101 Å². The van der Waals surface area contributed by atoms with Gasteiger partial charge in [0.15, 0.2) is 12.0 Å². The summed E-state index contributed by atoms with van der Waals surface area (Å²) in [7, 11) is -6.25. The normalized spacial score (nSPS) is 19.4. The molecule has 23 nitrogen and oxygen atoms in total. The van der Waals surface area contributed by atoms with Crippen molar-refractivity contribution in [3.05, 3.63) is 84.0 Å². The van der Waals surface area contributed by atoms with Crippen molar-refractivity contribution < 1.29 is 105 Å². The van der Waals surface area contributed by atoms with Crippen molar-refractivity contribution >= 4 is 43.3 Å². The summed E-state index contributed by atoms with van der Waals surface area (Å²) in [5.41, 5.74) is 2.16. The maximum absolute atomic E-state index is 12.4. The van der Waals surface area contributed by atoms with Gasteiger partial charge in [0.25, 0.3) is 20.2 Å². The Morgan fingerprint density at radius 3 is 2.05 bits per heavy atom. The molecule has 2 unspecified atom stereocenters. The average molecular weight is 950 g/mol. The Balaban J connectivity index is 1.66. The van der Waals surface area contributed by atoms with Crippen LogP contribution in [0.3, 0.4) is 0 Å². The van der Waals surface area contributed by atoms with Crippen LogP contribution in [0.1, 0.15) is 70.4 Å². The highest BCUT2D eigenvalue weighted by Gasteiger charge is 2.48. The molecule has 0 radical (unpaired) electrons. The fraction of sp³-hybridized carbons (Fsp3) is 0.487. The van der Waals surface area contributed by atoms with Crippen LogP contribution in [0.25, 0.3) is 0 Å². The Bertz CT molecular complexity index is 2210. The molecule has 0 saturated carbocycles. The number of carbonyl (C=O) groups is 1. The van der Waals surface area contributed by atoms with Crippen molar-refractivity contribution in [2.75, 3.05) is 58.6 Å². The quantitative estimate of drug-likeness (QED) is 0.0214.